The van der Waals surface area contributed by atoms with Crippen LogP contribution in [0, 0.1) is 5.21 Å². The molecule has 0 aromatic heterocycles. The Morgan fingerprint density at radius 1 is 0.947 bits per heavy atom. The zero-order chi connectivity index (χ0) is 13.0. The van der Waals surface area contributed by atoms with Crippen molar-refractivity contribution in [2.24, 2.45) is 0 Å². The summed E-state index contributed by atoms with van der Waals surface area (Å²) < 4.78 is 0. The van der Waals surface area contributed by atoms with E-state index in [4.69, 9.17) is 0 Å². The molecule has 3 nitrogen and oxygen atoms in total. The molecule has 2 aromatic carbocycles. The van der Waals surface area contributed by atoms with Gasteiger partial charge in [0.05, 0.1) is 0 Å². The number of hydroxylamine groups is 1. The van der Waals surface area contributed by atoms with Gasteiger partial charge in [-0.15, -0.1) is 0 Å². The Morgan fingerprint density at radius 2 is 1.63 bits per heavy atom. The van der Waals surface area contributed by atoms with E-state index in [9.17, 15) is 10.0 Å². The molecule has 0 bridgehead atoms. The first-order valence-corrected chi connectivity index (χ1v) is 6.22. The van der Waals surface area contributed by atoms with Gasteiger partial charge in [-0.25, -0.2) is 4.79 Å². The molecule has 2 aliphatic rings. The molecule has 0 saturated carbocycles. The van der Waals surface area contributed by atoms with Gasteiger partial charge in [-0.3, -0.25) is 5.06 Å². The Hall–Kier alpha value is -2.23. The summed E-state index contributed by atoms with van der Waals surface area (Å²) in [6, 6.07) is 15.0. The molecule has 1 aliphatic carbocycles. The van der Waals surface area contributed by atoms with Crippen molar-refractivity contribution in [3.63, 3.8) is 0 Å². The SMILES string of the molecule is O=C1[NH+]([O-])c2ccccc2C12C=Cc1ccccc12. The highest BCUT2D eigenvalue weighted by Gasteiger charge is 2.55. The fraction of sp³-hybridized carbons (Fsp3) is 0.0625. The largest absolute Gasteiger partial charge is 0.621 e. The van der Waals surface area contributed by atoms with Crippen LogP contribution in [0.3, 0.4) is 0 Å². The fourth-order valence-corrected chi connectivity index (χ4v) is 3.19. The third kappa shape index (κ3) is 1.12. The molecule has 4 rings (SSSR count). The Kier molecular flexibility index (Phi) is 1.91. The highest BCUT2D eigenvalue weighted by Crippen LogP contribution is 2.45. The number of carbonyl (C=O) groups excluding carboxylic acids is 1. The van der Waals surface area contributed by atoms with Crippen molar-refractivity contribution in [1.82, 2.24) is 0 Å². The Morgan fingerprint density at radius 3 is 2.47 bits per heavy atom. The van der Waals surface area contributed by atoms with Gasteiger partial charge in [0.25, 0.3) is 0 Å². The molecular weight excluding hydrogens is 238 g/mol. The molecule has 3 heteroatoms. The van der Waals surface area contributed by atoms with Crippen molar-refractivity contribution in [3.8, 4) is 0 Å². The number of carbonyl (C=O) groups is 1. The average molecular weight is 249 g/mol. The molecule has 19 heavy (non-hydrogen) atoms. The molecule has 1 heterocycles. The lowest BCUT2D eigenvalue weighted by Gasteiger charge is -2.20. The number of quaternary nitrogens is 1. The molecule has 2 unspecified atom stereocenters. The minimum atomic E-state index is -0.885. The van der Waals surface area contributed by atoms with Crippen LogP contribution in [0.5, 0.6) is 0 Å². The van der Waals surface area contributed by atoms with E-state index in [0.29, 0.717) is 5.69 Å². The van der Waals surface area contributed by atoms with Gasteiger partial charge in [0.2, 0.25) is 0 Å². The lowest BCUT2D eigenvalue weighted by atomic mass is 9.77. The van der Waals surface area contributed by atoms with E-state index in [1.165, 1.54) is 0 Å². The van der Waals surface area contributed by atoms with Crippen molar-refractivity contribution in [1.29, 1.82) is 0 Å². The van der Waals surface area contributed by atoms with E-state index in [2.05, 4.69) is 0 Å². The van der Waals surface area contributed by atoms with E-state index in [0.717, 1.165) is 16.7 Å². The number of benzene rings is 2. The van der Waals surface area contributed by atoms with Gasteiger partial charge in [-0.05, 0) is 11.1 Å². The molecule has 0 saturated heterocycles. The zero-order valence-electron chi connectivity index (χ0n) is 10.1. The summed E-state index contributed by atoms with van der Waals surface area (Å²) in [5.74, 6) is -0.338. The van der Waals surface area contributed by atoms with Gasteiger partial charge in [-0.2, -0.15) is 0 Å². The van der Waals surface area contributed by atoms with Crippen molar-refractivity contribution in [3.05, 3.63) is 76.5 Å². The molecule has 0 radical (unpaired) electrons. The first-order valence-electron chi connectivity index (χ1n) is 6.22. The average Bonchev–Trinajstić information content (AvgIpc) is 2.95. The summed E-state index contributed by atoms with van der Waals surface area (Å²) in [6.07, 6.45) is 3.80. The second-order valence-electron chi connectivity index (χ2n) is 4.93. The van der Waals surface area contributed by atoms with E-state index >= 15 is 0 Å². The van der Waals surface area contributed by atoms with Crippen molar-refractivity contribution in [2.75, 3.05) is 0 Å². The summed E-state index contributed by atoms with van der Waals surface area (Å²) in [4.78, 5) is 12.5. The Labute approximate surface area is 110 Å². The van der Waals surface area contributed by atoms with Crippen LogP contribution in [-0.4, -0.2) is 5.91 Å². The molecule has 92 valence electrons. The van der Waals surface area contributed by atoms with Crippen LogP contribution in [0.2, 0.25) is 0 Å². The van der Waals surface area contributed by atoms with E-state index in [1.54, 1.807) is 12.1 Å². The number of fused-ring (bicyclic) bond motifs is 4. The maximum absolute atomic E-state index is 12.5. The molecule has 1 amide bonds. The Balaban J connectivity index is 2.09. The second kappa shape index (κ2) is 3.41. The monoisotopic (exact) mass is 249 g/mol. The van der Waals surface area contributed by atoms with E-state index in [1.807, 2.05) is 48.6 Å². The number of hydrogen-bond acceptors (Lipinski definition) is 2. The van der Waals surface area contributed by atoms with Crippen LogP contribution in [0.15, 0.2) is 54.6 Å². The normalized spacial score (nSPS) is 26.8. The summed E-state index contributed by atoms with van der Waals surface area (Å²) in [5.41, 5.74) is 2.39. The minimum absolute atomic E-state index is 0.338. The number of rotatable bonds is 0. The van der Waals surface area contributed by atoms with Crippen molar-refractivity contribution in [2.45, 2.75) is 5.41 Å². The first-order chi connectivity index (χ1) is 9.25. The number of nitrogens with one attached hydrogen (secondary N) is 1. The molecular formula is C16H11NO2. The van der Waals surface area contributed by atoms with Gasteiger partial charge in [0, 0.05) is 11.6 Å². The summed E-state index contributed by atoms with van der Waals surface area (Å²) >= 11 is 0. The lowest BCUT2D eigenvalue weighted by molar-refractivity contribution is -0.685. The first kappa shape index (κ1) is 10.7. The topological polar surface area (TPSA) is 44.6 Å². The van der Waals surface area contributed by atoms with Crippen LogP contribution in [0.25, 0.3) is 6.08 Å². The Bertz CT molecular complexity index is 735. The van der Waals surface area contributed by atoms with Crippen molar-refractivity contribution >= 4 is 17.7 Å². The molecule has 2 aromatic rings. The van der Waals surface area contributed by atoms with Crippen molar-refractivity contribution < 1.29 is 9.86 Å². The van der Waals surface area contributed by atoms with E-state index in [-0.39, 0.29) is 11.0 Å². The molecule has 1 aliphatic heterocycles. The van der Waals surface area contributed by atoms with Gasteiger partial charge < -0.3 is 5.21 Å². The van der Waals surface area contributed by atoms with Crippen LogP contribution in [-0.2, 0) is 10.2 Å². The maximum atomic E-state index is 12.5. The molecule has 1 spiro atoms. The molecule has 2 atom stereocenters. The maximum Gasteiger partial charge on any atom is 0.336 e. The molecule has 1 N–H and O–H groups in total. The van der Waals surface area contributed by atoms with Gasteiger partial charge >= 0.3 is 5.91 Å². The van der Waals surface area contributed by atoms with Crippen LogP contribution >= 0.6 is 0 Å². The fourth-order valence-electron chi connectivity index (χ4n) is 3.19. The van der Waals surface area contributed by atoms with Crippen LogP contribution < -0.4 is 5.06 Å². The standard InChI is InChI=1S/C16H11NO2/c18-15-16(10-9-11-5-1-2-6-12(11)16)13-7-3-4-8-14(13)17(15)19/h1-10,17H. The highest BCUT2D eigenvalue weighted by molar-refractivity contribution is 5.99. The van der Waals surface area contributed by atoms with Gasteiger partial charge in [0.15, 0.2) is 5.41 Å². The predicted octanol–water partition coefficient (Wildman–Crippen LogP) is 1.55. The van der Waals surface area contributed by atoms with E-state index < -0.39 is 5.41 Å². The number of amides is 1. The number of para-hydroxylation sites is 1. The number of hydrogen-bond donors (Lipinski definition) is 1. The van der Waals surface area contributed by atoms with Gasteiger partial charge in [-0.1, -0.05) is 54.6 Å². The third-order valence-electron chi connectivity index (χ3n) is 4.06. The second-order valence-corrected chi connectivity index (χ2v) is 4.93. The molecule has 0 fully saturated rings. The summed E-state index contributed by atoms with van der Waals surface area (Å²) in [5, 5.41) is 11.8. The van der Waals surface area contributed by atoms with Crippen LogP contribution in [0.1, 0.15) is 16.7 Å². The van der Waals surface area contributed by atoms with Gasteiger partial charge in [0.1, 0.15) is 5.69 Å². The summed E-state index contributed by atoms with van der Waals surface area (Å²) in [7, 11) is 0. The third-order valence-corrected chi connectivity index (χ3v) is 4.06. The summed E-state index contributed by atoms with van der Waals surface area (Å²) in [6.45, 7) is 0. The highest BCUT2D eigenvalue weighted by atomic mass is 16.5. The minimum Gasteiger partial charge on any atom is -0.621 e. The quantitative estimate of drug-likeness (QED) is 0.720. The smallest absolute Gasteiger partial charge is 0.336 e. The predicted molar refractivity (Wildman–Crippen MR) is 71.7 cm³/mol. The van der Waals surface area contributed by atoms with Crippen LogP contribution in [0.4, 0.5) is 5.69 Å². The zero-order valence-corrected chi connectivity index (χ0v) is 10.1. The lowest BCUT2D eigenvalue weighted by Crippen LogP contribution is -3.04.